The van der Waals surface area contributed by atoms with Gasteiger partial charge in [-0.2, -0.15) is 0 Å². The average molecular weight is 215 g/mol. The minimum absolute atomic E-state index is 0.187. The van der Waals surface area contributed by atoms with E-state index in [1.165, 1.54) is 24.0 Å². The maximum atomic E-state index is 9.46. The van der Waals surface area contributed by atoms with Crippen LogP contribution in [-0.2, 0) is 0 Å². The lowest BCUT2D eigenvalue weighted by Gasteiger charge is -2.26. The molecule has 0 aromatic heterocycles. The third-order valence-corrected chi connectivity index (χ3v) is 3.73. The topological polar surface area (TPSA) is 23.5 Å². The first-order valence-electron chi connectivity index (χ1n) is 6.02. The number of benzene rings is 1. The zero-order valence-electron chi connectivity index (χ0n) is 9.34. The molecule has 1 aromatic rings. The summed E-state index contributed by atoms with van der Waals surface area (Å²) in [5.74, 6) is 0. The molecule has 1 aromatic carbocycles. The van der Waals surface area contributed by atoms with Crippen molar-refractivity contribution in [2.75, 3.05) is 13.2 Å². The van der Waals surface area contributed by atoms with Crippen LogP contribution in [0.3, 0.4) is 0 Å². The zero-order valence-corrected chi connectivity index (χ0v) is 9.34. The molecule has 0 saturated carbocycles. The highest BCUT2D eigenvalue weighted by Crippen LogP contribution is 2.40. The third-order valence-electron chi connectivity index (χ3n) is 3.73. The van der Waals surface area contributed by atoms with Crippen LogP contribution < -0.4 is 0 Å². The van der Waals surface area contributed by atoms with Gasteiger partial charge in [0.25, 0.3) is 0 Å². The van der Waals surface area contributed by atoms with Crippen LogP contribution in [0.1, 0.15) is 24.4 Å². The van der Waals surface area contributed by atoms with Gasteiger partial charge in [-0.15, -0.1) is 0 Å². The van der Waals surface area contributed by atoms with E-state index in [9.17, 15) is 5.11 Å². The van der Waals surface area contributed by atoms with Gasteiger partial charge in [-0.25, -0.2) is 0 Å². The molecule has 2 heterocycles. The monoisotopic (exact) mass is 215 g/mol. The highest BCUT2D eigenvalue weighted by atomic mass is 16.3. The first-order valence-corrected chi connectivity index (χ1v) is 6.02. The van der Waals surface area contributed by atoms with E-state index in [-0.39, 0.29) is 6.61 Å². The Morgan fingerprint density at radius 1 is 1.25 bits per heavy atom. The van der Waals surface area contributed by atoms with Crippen LogP contribution >= 0.6 is 0 Å². The van der Waals surface area contributed by atoms with Crippen molar-refractivity contribution in [3.05, 3.63) is 47.5 Å². The number of fused-ring (bicyclic) bond motifs is 1. The number of nitrogens with zero attached hydrogens (tertiary/aromatic N) is 1. The van der Waals surface area contributed by atoms with E-state index in [1.54, 1.807) is 0 Å². The highest BCUT2D eigenvalue weighted by Gasteiger charge is 2.37. The Hall–Kier alpha value is -1.12. The summed E-state index contributed by atoms with van der Waals surface area (Å²) in [5.41, 5.74) is 2.49. The summed E-state index contributed by atoms with van der Waals surface area (Å²) in [6, 6.07) is 11.4. The number of hydrogen-bond acceptors (Lipinski definition) is 2. The fourth-order valence-corrected chi connectivity index (χ4v) is 3.05. The van der Waals surface area contributed by atoms with Crippen LogP contribution in [0.25, 0.3) is 0 Å². The summed E-state index contributed by atoms with van der Waals surface area (Å²) in [4.78, 5) is 2.51. The van der Waals surface area contributed by atoms with Crippen LogP contribution in [0.5, 0.6) is 0 Å². The lowest BCUT2D eigenvalue weighted by atomic mass is 10.0. The van der Waals surface area contributed by atoms with E-state index in [4.69, 9.17) is 0 Å². The Bertz CT molecular complexity index is 398. The predicted octanol–water partition coefficient (Wildman–Crippen LogP) is 2.12. The summed E-state index contributed by atoms with van der Waals surface area (Å²) in [5, 5.41) is 9.46. The molecule has 16 heavy (non-hydrogen) atoms. The lowest BCUT2D eigenvalue weighted by Crippen LogP contribution is -2.27. The molecule has 3 rings (SSSR count). The molecule has 84 valence electrons. The largest absolute Gasteiger partial charge is 0.392 e. The quantitative estimate of drug-likeness (QED) is 0.764. The molecule has 2 aliphatic rings. The van der Waals surface area contributed by atoms with Crippen molar-refractivity contribution in [2.45, 2.75) is 24.9 Å². The van der Waals surface area contributed by atoms with Crippen LogP contribution in [0, 0.1) is 0 Å². The zero-order chi connectivity index (χ0) is 11.0. The average Bonchev–Trinajstić information content (AvgIpc) is 2.89. The fourth-order valence-electron chi connectivity index (χ4n) is 3.05. The fraction of sp³-hybridized carbons (Fsp3) is 0.429. The van der Waals surface area contributed by atoms with Crippen LogP contribution in [0.2, 0.25) is 0 Å². The van der Waals surface area contributed by atoms with E-state index in [1.807, 2.05) is 6.07 Å². The molecule has 0 amide bonds. The maximum absolute atomic E-state index is 9.46. The summed E-state index contributed by atoms with van der Waals surface area (Å²) in [6.07, 6.45) is 4.79. The van der Waals surface area contributed by atoms with Gasteiger partial charge in [0.05, 0.1) is 12.6 Å². The second-order valence-electron chi connectivity index (χ2n) is 4.66. The molecule has 2 atom stereocenters. The van der Waals surface area contributed by atoms with E-state index in [0.29, 0.717) is 12.1 Å². The van der Waals surface area contributed by atoms with Crippen molar-refractivity contribution in [2.24, 2.45) is 0 Å². The van der Waals surface area contributed by atoms with E-state index >= 15 is 0 Å². The molecule has 1 saturated heterocycles. The Morgan fingerprint density at radius 3 is 2.81 bits per heavy atom. The van der Waals surface area contributed by atoms with Crippen molar-refractivity contribution < 1.29 is 5.11 Å². The number of rotatable bonds is 2. The first-order chi connectivity index (χ1) is 7.90. The van der Waals surface area contributed by atoms with Gasteiger partial charge in [0.15, 0.2) is 0 Å². The van der Waals surface area contributed by atoms with Crippen LogP contribution in [0.4, 0.5) is 0 Å². The molecule has 0 aliphatic carbocycles. The van der Waals surface area contributed by atoms with Crippen LogP contribution in [0.15, 0.2) is 42.0 Å². The molecular weight excluding hydrogens is 198 g/mol. The Labute approximate surface area is 96.2 Å². The molecule has 2 aliphatic heterocycles. The van der Waals surface area contributed by atoms with Crippen molar-refractivity contribution in [3.63, 3.8) is 0 Å². The van der Waals surface area contributed by atoms with Crippen molar-refractivity contribution in [3.8, 4) is 0 Å². The molecule has 2 heteroatoms. The van der Waals surface area contributed by atoms with Gasteiger partial charge in [0.1, 0.15) is 0 Å². The van der Waals surface area contributed by atoms with Crippen molar-refractivity contribution in [1.29, 1.82) is 0 Å². The van der Waals surface area contributed by atoms with Gasteiger partial charge in [-0.05, 0) is 30.5 Å². The number of aliphatic hydroxyl groups excluding tert-OH is 1. The van der Waals surface area contributed by atoms with E-state index < -0.39 is 0 Å². The second-order valence-corrected chi connectivity index (χ2v) is 4.66. The van der Waals surface area contributed by atoms with Crippen molar-refractivity contribution in [1.82, 2.24) is 4.90 Å². The highest BCUT2D eigenvalue weighted by molar-refractivity contribution is 5.34. The molecule has 1 N–H and O–H groups in total. The van der Waals surface area contributed by atoms with Gasteiger partial charge in [0.2, 0.25) is 0 Å². The normalized spacial score (nSPS) is 29.2. The molecule has 0 spiro atoms. The third kappa shape index (κ3) is 1.49. The summed E-state index contributed by atoms with van der Waals surface area (Å²) in [6.45, 7) is 1.34. The molecule has 0 bridgehead atoms. The minimum Gasteiger partial charge on any atom is -0.392 e. The smallest absolute Gasteiger partial charge is 0.0660 e. The Morgan fingerprint density at radius 2 is 2.06 bits per heavy atom. The molecular formula is C14H17NO. The Balaban J connectivity index is 1.96. The molecule has 1 fully saturated rings. The summed E-state index contributed by atoms with van der Waals surface area (Å²) >= 11 is 0. The second kappa shape index (κ2) is 4.04. The van der Waals surface area contributed by atoms with Gasteiger partial charge in [-0.1, -0.05) is 36.4 Å². The molecule has 0 radical (unpaired) electrons. The van der Waals surface area contributed by atoms with Gasteiger partial charge < -0.3 is 5.11 Å². The number of aliphatic hydroxyl groups is 1. The van der Waals surface area contributed by atoms with Crippen LogP contribution in [-0.4, -0.2) is 29.2 Å². The van der Waals surface area contributed by atoms with E-state index in [0.717, 1.165) is 6.54 Å². The van der Waals surface area contributed by atoms with Gasteiger partial charge in [-0.3, -0.25) is 4.90 Å². The Kier molecular flexibility index (Phi) is 2.54. The van der Waals surface area contributed by atoms with Gasteiger partial charge >= 0.3 is 0 Å². The predicted molar refractivity (Wildman–Crippen MR) is 64.1 cm³/mol. The van der Waals surface area contributed by atoms with Crippen molar-refractivity contribution >= 4 is 0 Å². The first kappa shape index (κ1) is 10.1. The number of hydrogen-bond donors (Lipinski definition) is 1. The summed E-state index contributed by atoms with van der Waals surface area (Å²) < 4.78 is 0. The molecule has 2 unspecified atom stereocenters. The summed E-state index contributed by atoms with van der Waals surface area (Å²) in [7, 11) is 0. The standard InChI is InChI=1S/C14H17NO/c16-10-12-9-13-7-4-8-15(13)14(12)11-5-2-1-3-6-11/h1-3,5-6,9,13-14,16H,4,7-8,10H2. The molecule has 2 nitrogen and oxygen atoms in total. The minimum atomic E-state index is 0.187. The SMILES string of the molecule is OCC1=CC2CCCN2C1c1ccccc1. The van der Waals surface area contributed by atoms with Gasteiger partial charge in [0, 0.05) is 6.04 Å². The lowest BCUT2D eigenvalue weighted by molar-refractivity contribution is 0.240. The van der Waals surface area contributed by atoms with E-state index in [2.05, 4.69) is 35.2 Å². The maximum Gasteiger partial charge on any atom is 0.0660 e.